The third kappa shape index (κ3) is 4.51. The molecule has 0 atom stereocenters. The Kier molecular flexibility index (Phi) is 4.95. The van der Waals surface area contributed by atoms with Crippen LogP contribution in [0.2, 0.25) is 14.8 Å². The maximum atomic E-state index is 13.9. The van der Waals surface area contributed by atoms with Crippen LogP contribution < -0.4 is 3.71 Å². The van der Waals surface area contributed by atoms with E-state index in [-0.39, 0.29) is 11.2 Å². The number of halogens is 1. The van der Waals surface area contributed by atoms with Crippen molar-refractivity contribution in [2.24, 2.45) is 0 Å². The summed E-state index contributed by atoms with van der Waals surface area (Å²) >= 11 is -2.20. The molecule has 0 spiro atoms. The predicted octanol–water partition coefficient (Wildman–Crippen LogP) is 4.05. The van der Waals surface area contributed by atoms with E-state index in [1.807, 2.05) is 0 Å². The van der Waals surface area contributed by atoms with E-state index in [2.05, 4.69) is 57.7 Å². The average molecular weight is 407 g/mol. The molecule has 0 unspecified atom stereocenters. The summed E-state index contributed by atoms with van der Waals surface area (Å²) in [5.74, 6) is -0.174. The molecule has 2 rings (SSSR count). The molecule has 0 saturated carbocycles. The van der Waals surface area contributed by atoms with E-state index in [0.717, 1.165) is 16.8 Å². The molecular formula is C18H25FN2Sn. The number of aromatic nitrogens is 2. The Balaban J connectivity index is 2.34. The molecule has 0 N–H and O–H groups in total. The molecule has 0 aliphatic carbocycles. The zero-order valence-corrected chi connectivity index (χ0v) is 17.2. The Hall–Kier alpha value is -0.971. The number of nitrogens with zero attached hydrogens (tertiary/aromatic N) is 2. The number of benzene rings is 1. The van der Waals surface area contributed by atoms with E-state index in [1.165, 1.54) is 3.71 Å². The van der Waals surface area contributed by atoms with Crippen LogP contribution in [0.3, 0.4) is 0 Å². The fourth-order valence-corrected chi connectivity index (χ4v) is 5.28. The predicted molar refractivity (Wildman–Crippen MR) is 92.9 cm³/mol. The van der Waals surface area contributed by atoms with Crippen LogP contribution in [-0.2, 0) is 11.8 Å². The Bertz CT molecular complexity index is 670. The molecule has 118 valence electrons. The van der Waals surface area contributed by atoms with Crippen LogP contribution in [0.1, 0.15) is 37.6 Å². The van der Waals surface area contributed by atoms with E-state index in [9.17, 15) is 4.39 Å². The maximum absolute atomic E-state index is 13.9. The van der Waals surface area contributed by atoms with Gasteiger partial charge in [0, 0.05) is 0 Å². The topological polar surface area (TPSA) is 25.8 Å². The molecule has 22 heavy (non-hydrogen) atoms. The van der Waals surface area contributed by atoms with Crippen LogP contribution in [0, 0.1) is 5.82 Å². The van der Waals surface area contributed by atoms with E-state index < -0.39 is 18.4 Å². The Morgan fingerprint density at radius 3 is 2.27 bits per heavy atom. The summed E-state index contributed by atoms with van der Waals surface area (Å²) in [6.45, 7) is 6.30. The van der Waals surface area contributed by atoms with Crippen molar-refractivity contribution in [2.45, 2.75) is 47.4 Å². The molecule has 1 aromatic carbocycles. The Labute approximate surface area is 137 Å². The summed E-state index contributed by atoms with van der Waals surface area (Å²) in [6.07, 6.45) is 2.30. The summed E-state index contributed by atoms with van der Waals surface area (Å²) in [6, 6.07) is 7.43. The summed E-state index contributed by atoms with van der Waals surface area (Å²) in [5, 5.41) is 0. The molecule has 0 amide bonds. The van der Waals surface area contributed by atoms with Crippen molar-refractivity contribution in [3.05, 3.63) is 53.2 Å². The molecule has 1 aromatic heterocycles. The number of hydrogen-bond acceptors (Lipinski definition) is 2. The molecule has 2 aromatic rings. The van der Waals surface area contributed by atoms with Crippen LogP contribution in [0.15, 0.2) is 30.6 Å². The van der Waals surface area contributed by atoms with Gasteiger partial charge < -0.3 is 0 Å². The Morgan fingerprint density at radius 2 is 1.68 bits per heavy atom. The summed E-state index contributed by atoms with van der Waals surface area (Å²) in [4.78, 5) is 15.8. The van der Waals surface area contributed by atoms with Gasteiger partial charge in [0.15, 0.2) is 0 Å². The van der Waals surface area contributed by atoms with E-state index in [0.29, 0.717) is 6.42 Å². The third-order valence-corrected chi connectivity index (χ3v) is 8.87. The summed E-state index contributed by atoms with van der Waals surface area (Å²) in [7, 11) is 0. The first-order valence-electron chi connectivity index (χ1n) is 7.67. The van der Waals surface area contributed by atoms with Crippen LogP contribution in [-0.4, -0.2) is 28.3 Å². The van der Waals surface area contributed by atoms with Gasteiger partial charge in [-0.3, -0.25) is 0 Å². The van der Waals surface area contributed by atoms with Gasteiger partial charge in [-0.1, -0.05) is 0 Å². The average Bonchev–Trinajstić information content (AvgIpc) is 2.36. The molecule has 0 aliphatic heterocycles. The van der Waals surface area contributed by atoms with Gasteiger partial charge >= 0.3 is 137 Å². The quantitative estimate of drug-likeness (QED) is 0.718. The summed E-state index contributed by atoms with van der Waals surface area (Å²) < 4.78 is 15.1. The normalized spacial score (nSPS) is 12.5. The molecule has 0 saturated heterocycles. The van der Waals surface area contributed by atoms with Crippen molar-refractivity contribution < 1.29 is 4.39 Å². The van der Waals surface area contributed by atoms with Crippen molar-refractivity contribution >= 4 is 22.1 Å². The van der Waals surface area contributed by atoms with Crippen molar-refractivity contribution in [3.8, 4) is 0 Å². The van der Waals surface area contributed by atoms with Crippen LogP contribution >= 0.6 is 0 Å². The molecule has 4 heteroatoms. The van der Waals surface area contributed by atoms with Gasteiger partial charge in [-0.05, 0) is 0 Å². The standard InChI is InChI=1S/C15H16FN2.3CH3.Sn/c1-15(2,3)12-6-11(7-13(16)9-12)8-14-4-5-17-10-18-14;;;;/h4,6-7,9-10H,8H2,1-3H3;3*1H3;. The number of hydrogen-bond donors (Lipinski definition) is 0. The van der Waals surface area contributed by atoms with Crippen LogP contribution in [0.5, 0.6) is 0 Å². The van der Waals surface area contributed by atoms with Crippen LogP contribution in [0.4, 0.5) is 4.39 Å². The third-order valence-electron chi connectivity index (χ3n) is 3.70. The van der Waals surface area contributed by atoms with Crippen LogP contribution in [0.25, 0.3) is 0 Å². The first-order chi connectivity index (χ1) is 10.1. The first kappa shape index (κ1) is 17.4. The second-order valence-electron chi connectivity index (χ2n) is 7.92. The molecular weight excluding hydrogens is 382 g/mol. The van der Waals surface area contributed by atoms with Crippen molar-refractivity contribution in [1.29, 1.82) is 0 Å². The van der Waals surface area contributed by atoms with Crippen molar-refractivity contribution in [3.63, 3.8) is 0 Å². The van der Waals surface area contributed by atoms with Gasteiger partial charge in [-0.2, -0.15) is 0 Å². The van der Waals surface area contributed by atoms with Gasteiger partial charge in [0.05, 0.1) is 0 Å². The van der Waals surface area contributed by atoms with Gasteiger partial charge in [0.2, 0.25) is 0 Å². The number of rotatable bonds is 3. The first-order valence-corrected chi connectivity index (χ1v) is 17.7. The van der Waals surface area contributed by atoms with Gasteiger partial charge in [0.1, 0.15) is 0 Å². The second kappa shape index (κ2) is 6.26. The Morgan fingerprint density at radius 1 is 1.00 bits per heavy atom. The fraction of sp³-hybridized carbons (Fsp3) is 0.444. The van der Waals surface area contributed by atoms with Crippen molar-refractivity contribution in [1.82, 2.24) is 9.97 Å². The minimum atomic E-state index is -2.20. The van der Waals surface area contributed by atoms with E-state index in [4.69, 9.17) is 0 Å². The van der Waals surface area contributed by atoms with E-state index in [1.54, 1.807) is 18.5 Å². The monoisotopic (exact) mass is 408 g/mol. The molecule has 0 bridgehead atoms. The van der Waals surface area contributed by atoms with Gasteiger partial charge in [-0.25, -0.2) is 0 Å². The van der Waals surface area contributed by atoms with E-state index >= 15 is 0 Å². The molecule has 2 nitrogen and oxygen atoms in total. The molecule has 1 heterocycles. The summed E-state index contributed by atoms with van der Waals surface area (Å²) in [5.41, 5.74) is 2.91. The second-order valence-corrected chi connectivity index (χ2v) is 22.2. The van der Waals surface area contributed by atoms with Crippen molar-refractivity contribution in [2.75, 3.05) is 0 Å². The zero-order valence-electron chi connectivity index (χ0n) is 14.4. The zero-order chi connectivity index (χ0) is 16.5. The SMILES string of the molecule is CC(C)(C)c1cc(F)cc(Cc2c[c]([Sn]([CH3])([CH3])[CH3])ncn2)c1. The minimum absolute atomic E-state index is 0.0600. The molecule has 0 fully saturated rings. The molecule has 0 radical (unpaired) electrons. The van der Waals surface area contributed by atoms with Gasteiger partial charge in [-0.15, -0.1) is 0 Å². The molecule has 0 aliphatic rings. The van der Waals surface area contributed by atoms with Gasteiger partial charge in [0.25, 0.3) is 0 Å². The fourth-order valence-electron chi connectivity index (χ4n) is 2.30.